The van der Waals surface area contributed by atoms with Crippen LogP contribution in [-0.4, -0.2) is 25.0 Å². The number of piperidine rings is 1. The van der Waals surface area contributed by atoms with Gasteiger partial charge in [0.25, 0.3) is 0 Å². The van der Waals surface area contributed by atoms with Crippen molar-refractivity contribution in [2.45, 2.75) is 31.7 Å². The van der Waals surface area contributed by atoms with Crippen molar-refractivity contribution >= 4 is 23.2 Å². The first kappa shape index (κ1) is 14.2. The van der Waals surface area contributed by atoms with E-state index in [4.69, 9.17) is 11.6 Å². The molecule has 21 heavy (non-hydrogen) atoms. The summed E-state index contributed by atoms with van der Waals surface area (Å²) in [7, 11) is 0. The Bertz CT molecular complexity index is 592. The van der Waals surface area contributed by atoms with Crippen LogP contribution in [0.5, 0.6) is 0 Å². The Morgan fingerprint density at radius 2 is 2.19 bits per heavy atom. The number of hydrogen-bond acceptors (Lipinski definition) is 3. The van der Waals surface area contributed by atoms with Crippen molar-refractivity contribution in [2.75, 3.05) is 18.0 Å². The van der Waals surface area contributed by atoms with E-state index < -0.39 is 0 Å². The molecular weight excluding hydrogens is 286 g/mol. The number of carbonyl (C=O) groups is 1. The first-order valence-corrected chi connectivity index (χ1v) is 7.80. The molecule has 0 bridgehead atoms. The van der Waals surface area contributed by atoms with Crippen LogP contribution in [0.3, 0.4) is 0 Å². The standard InChI is InChI=1S/C16H18ClN3O/c17-13-3-6-15(12(8-13)9-18)20-7-1-2-11(10-20)16(21)19-14-4-5-14/h3,6,8,11,14H,1-2,4-5,7,10H2,(H,19,21)/t11-/m0/s1. The molecule has 4 nitrogen and oxygen atoms in total. The van der Waals surface area contributed by atoms with Crippen LogP contribution in [0.4, 0.5) is 5.69 Å². The molecule has 110 valence electrons. The predicted molar refractivity (Wildman–Crippen MR) is 82.3 cm³/mol. The molecule has 0 spiro atoms. The summed E-state index contributed by atoms with van der Waals surface area (Å²) in [4.78, 5) is 14.3. The third kappa shape index (κ3) is 3.30. The fraction of sp³-hybridized carbons (Fsp3) is 0.500. The first-order chi connectivity index (χ1) is 10.2. The molecule has 1 saturated heterocycles. The summed E-state index contributed by atoms with van der Waals surface area (Å²) >= 11 is 5.94. The Hall–Kier alpha value is -1.73. The van der Waals surface area contributed by atoms with E-state index in [1.807, 2.05) is 6.07 Å². The zero-order valence-electron chi connectivity index (χ0n) is 11.8. The first-order valence-electron chi connectivity index (χ1n) is 7.42. The van der Waals surface area contributed by atoms with Crippen LogP contribution in [-0.2, 0) is 4.79 Å². The van der Waals surface area contributed by atoms with Crippen LogP contribution in [0, 0.1) is 17.2 Å². The van der Waals surface area contributed by atoms with Gasteiger partial charge in [0, 0.05) is 24.2 Å². The van der Waals surface area contributed by atoms with Gasteiger partial charge in [-0.3, -0.25) is 4.79 Å². The van der Waals surface area contributed by atoms with Gasteiger partial charge in [-0.1, -0.05) is 11.6 Å². The molecule has 1 aliphatic heterocycles. The lowest BCUT2D eigenvalue weighted by Gasteiger charge is -2.34. The molecule has 1 aromatic rings. The zero-order chi connectivity index (χ0) is 14.8. The molecule has 1 heterocycles. The van der Waals surface area contributed by atoms with Crippen molar-refractivity contribution in [3.05, 3.63) is 28.8 Å². The molecule has 1 N–H and O–H groups in total. The molecular formula is C16H18ClN3O. The average molecular weight is 304 g/mol. The summed E-state index contributed by atoms with van der Waals surface area (Å²) in [5, 5.41) is 12.9. The maximum atomic E-state index is 12.2. The largest absolute Gasteiger partial charge is 0.370 e. The van der Waals surface area contributed by atoms with Crippen molar-refractivity contribution in [3.8, 4) is 6.07 Å². The number of halogens is 1. The molecule has 0 radical (unpaired) electrons. The lowest BCUT2D eigenvalue weighted by Crippen LogP contribution is -2.43. The van der Waals surface area contributed by atoms with Gasteiger partial charge in [-0.2, -0.15) is 5.26 Å². The Labute approximate surface area is 129 Å². The summed E-state index contributed by atoms with van der Waals surface area (Å²) in [6, 6.07) is 7.95. The summed E-state index contributed by atoms with van der Waals surface area (Å²) in [5.41, 5.74) is 1.46. The minimum atomic E-state index is 0.0153. The van der Waals surface area contributed by atoms with Gasteiger partial charge in [0.15, 0.2) is 0 Å². The van der Waals surface area contributed by atoms with Gasteiger partial charge in [-0.15, -0.1) is 0 Å². The van der Waals surface area contributed by atoms with E-state index in [1.54, 1.807) is 12.1 Å². The predicted octanol–water partition coefficient (Wildman–Crippen LogP) is 2.71. The SMILES string of the molecule is N#Cc1cc(Cl)ccc1N1CCC[C@H](C(=O)NC2CC2)C1. The Balaban J connectivity index is 1.73. The van der Waals surface area contributed by atoms with Crippen molar-refractivity contribution in [3.63, 3.8) is 0 Å². The van der Waals surface area contributed by atoms with Crippen LogP contribution >= 0.6 is 11.6 Å². The number of carbonyl (C=O) groups excluding carboxylic acids is 1. The van der Waals surface area contributed by atoms with Crippen LogP contribution < -0.4 is 10.2 Å². The second kappa shape index (κ2) is 5.95. The number of amides is 1. The number of benzene rings is 1. The molecule has 0 unspecified atom stereocenters. The molecule has 5 heteroatoms. The number of nitriles is 1. The fourth-order valence-corrected chi connectivity index (χ4v) is 3.00. The van der Waals surface area contributed by atoms with Gasteiger partial charge in [-0.05, 0) is 43.9 Å². The van der Waals surface area contributed by atoms with Gasteiger partial charge in [0.1, 0.15) is 6.07 Å². The highest BCUT2D eigenvalue weighted by atomic mass is 35.5. The normalized spacial score (nSPS) is 21.7. The van der Waals surface area contributed by atoms with E-state index in [2.05, 4.69) is 16.3 Å². The highest BCUT2D eigenvalue weighted by Gasteiger charge is 2.31. The van der Waals surface area contributed by atoms with E-state index in [-0.39, 0.29) is 11.8 Å². The number of hydrogen-bond donors (Lipinski definition) is 1. The second-order valence-corrected chi connectivity index (χ2v) is 6.28. The number of nitrogens with one attached hydrogen (secondary N) is 1. The van der Waals surface area contributed by atoms with Crippen molar-refractivity contribution < 1.29 is 4.79 Å². The molecule has 1 amide bonds. The van der Waals surface area contributed by atoms with Gasteiger partial charge < -0.3 is 10.2 Å². The molecule has 1 saturated carbocycles. The quantitative estimate of drug-likeness (QED) is 0.934. The van der Waals surface area contributed by atoms with Crippen molar-refractivity contribution in [2.24, 2.45) is 5.92 Å². The van der Waals surface area contributed by atoms with E-state index in [0.717, 1.165) is 37.9 Å². The van der Waals surface area contributed by atoms with Gasteiger partial charge in [0.2, 0.25) is 5.91 Å². The minimum absolute atomic E-state index is 0.0153. The summed E-state index contributed by atoms with van der Waals surface area (Å²) in [6.45, 7) is 1.55. The lowest BCUT2D eigenvalue weighted by molar-refractivity contribution is -0.125. The molecule has 1 aromatic carbocycles. The van der Waals surface area contributed by atoms with Gasteiger partial charge >= 0.3 is 0 Å². The van der Waals surface area contributed by atoms with E-state index in [1.165, 1.54) is 0 Å². The Morgan fingerprint density at radius 1 is 1.38 bits per heavy atom. The number of rotatable bonds is 3. The van der Waals surface area contributed by atoms with Gasteiger partial charge in [-0.25, -0.2) is 0 Å². The van der Waals surface area contributed by atoms with Crippen molar-refractivity contribution in [1.82, 2.24) is 5.32 Å². The second-order valence-electron chi connectivity index (χ2n) is 5.84. The van der Waals surface area contributed by atoms with Crippen LogP contribution in [0.2, 0.25) is 5.02 Å². The van der Waals surface area contributed by atoms with E-state index >= 15 is 0 Å². The maximum absolute atomic E-state index is 12.2. The highest BCUT2D eigenvalue weighted by Crippen LogP contribution is 2.29. The molecule has 0 aromatic heterocycles. The molecule has 1 atom stereocenters. The van der Waals surface area contributed by atoms with E-state index in [9.17, 15) is 10.1 Å². The zero-order valence-corrected chi connectivity index (χ0v) is 12.6. The van der Waals surface area contributed by atoms with Crippen molar-refractivity contribution in [1.29, 1.82) is 5.26 Å². The lowest BCUT2D eigenvalue weighted by atomic mass is 9.96. The monoisotopic (exact) mass is 303 g/mol. The molecule has 3 rings (SSSR count). The minimum Gasteiger partial charge on any atom is -0.370 e. The Kier molecular flexibility index (Phi) is 4.03. The van der Waals surface area contributed by atoms with Crippen LogP contribution in [0.25, 0.3) is 0 Å². The maximum Gasteiger partial charge on any atom is 0.225 e. The van der Waals surface area contributed by atoms with E-state index in [0.29, 0.717) is 23.2 Å². The number of anilines is 1. The molecule has 2 aliphatic rings. The fourth-order valence-electron chi connectivity index (χ4n) is 2.83. The molecule has 1 aliphatic carbocycles. The van der Waals surface area contributed by atoms with Crippen LogP contribution in [0.1, 0.15) is 31.2 Å². The Morgan fingerprint density at radius 3 is 2.90 bits per heavy atom. The van der Waals surface area contributed by atoms with Gasteiger partial charge in [0.05, 0.1) is 17.2 Å². The van der Waals surface area contributed by atoms with Crippen LogP contribution in [0.15, 0.2) is 18.2 Å². The number of nitrogens with zero attached hydrogens (tertiary/aromatic N) is 2. The summed E-state index contributed by atoms with van der Waals surface area (Å²) < 4.78 is 0. The third-order valence-corrected chi connectivity index (χ3v) is 4.37. The summed E-state index contributed by atoms with van der Waals surface area (Å²) in [6.07, 6.45) is 4.11. The third-order valence-electron chi connectivity index (χ3n) is 4.14. The summed E-state index contributed by atoms with van der Waals surface area (Å²) in [5.74, 6) is 0.177. The highest BCUT2D eigenvalue weighted by molar-refractivity contribution is 6.30. The average Bonchev–Trinajstić information content (AvgIpc) is 3.31. The topological polar surface area (TPSA) is 56.1 Å². The smallest absolute Gasteiger partial charge is 0.225 e. The molecule has 2 fully saturated rings.